The van der Waals surface area contributed by atoms with Crippen LogP contribution in [0.2, 0.25) is 0 Å². The molecular formula is C16H23N3O2. The summed E-state index contributed by atoms with van der Waals surface area (Å²) in [5.41, 5.74) is 8.21. The van der Waals surface area contributed by atoms with Crippen LogP contribution in [0.15, 0.2) is 18.2 Å². The fourth-order valence-corrected chi connectivity index (χ4v) is 2.80. The predicted octanol–water partition coefficient (Wildman–Crippen LogP) is 2.55. The molecule has 0 aliphatic heterocycles. The quantitative estimate of drug-likeness (QED) is 0.796. The van der Waals surface area contributed by atoms with Gasteiger partial charge in [0.05, 0.1) is 0 Å². The second-order valence-electron chi connectivity index (χ2n) is 6.01. The zero-order valence-corrected chi connectivity index (χ0v) is 12.7. The van der Waals surface area contributed by atoms with Gasteiger partial charge in [0.2, 0.25) is 11.8 Å². The molecule has 1 aliphatic rings. The third-order valence-electron chi connectivity index (χ3n) is 3.94. The van der Waals surface area contributed by atoms with Crippen molar-refractivity contribution in [1.82, 2.24) is 0 Å². The Bertz CT molecular complexity index is 548. The first-order valence-corrected chi connectivity index (χ1v) is 7.35. The Hall–Kier alpha value is -1.88. The van der Waals surface area contributed by atoms with Gasteiger partial charge in [0.25, 0.3) is 0 Å². The SMILES string of the molecule is CC(=O)Nc1cc(NC(=O)CC2(N)CCCC2)ccc1C. The van der Waals surface area contributed by atoms with Gasteiger partial charge in [-0.15, -0.1) is 0 Å². The smallest absolute Gasteiger partial charge is 0.226 e. The lowest BCUT2D eigenvalue weighted by molar-refractivity contribution is -0.117. The maximum Gasteiger partial charge on any atom is 0.226 e. The molecule has 5 heteroatoms. The lowest BCUT2D eigenvalue weighted by Crippen LogP contribution is -2.40. The molecule has 0 spiro atoms. The van der Waals surface area contributed by atoms with Gasteiger partial charge in [-0.25, -0.2) is 0 Å². The molecule has 1 aliphatic carbocycles. The van der Waals surface area contributed by atoms with Gasteiger partial charge in [-0.2, -0.15) is 0 Å². The standard InChI is InChI=1S/C16H23N3O2/c1-11-5-6-13(9-14(11)18-12(2)20)19-15(21)10-16(17)7-3-4-8-16/h5-6,9H,3-4,7-8,10,17H2,1-2H3,(H,18,20)(H,19,21). The highest BCUT2D eigenvalue weighted by Crippen LogP contribution is 2.30. The Kier molecular flexibility index (Phi) is 4.63. The summed E-state index contributed by atoms with van der Waals surface area (Å²) in [6.45, 7) is 3.37. The zero-order valence-electron chi connectivity index (χ0n) is 12.7. The van der Waals surface area contributed by atoms with Crippen molar-refractivity contribution in [2.24, 2.45) is 5.73 Å². The minimum Gasteiger partial charge on any atom is -0.326 e. The average molecular weight is 289 g/mol. The van der Waals surface area contributed by atoms with Crippen molar-refractivity contribution in [3.63, 3.8) is 0 Å². The Morgan fingerprint density at radius 1 is 1.24 bits per heavy atom. The van der Waals surface area contributed by atoms with E-state index in [1.54, 1.807) is 6.07 Å². The van der Waals surface area contributed by atoms with E-state index in [-0.39, 0.29) is 17.4 Å². The van der Waals surface area contributed by atoms with Crippen LogP contribution in [0, 0.1) is 6.92 Å². The van der Waals surface area contributed by atoms with Crippen molar-refractivity contribution in [3.05, 3.63) is 23.8 Å². The molecule has 2 amide bonds. The van der Waals surface area contributed by atoms with Gasteiger partial charge in [-0.1, -0.05) is 18.9 Å². The molecule has 114 valence electrons. The maximum atomic E-state index is 12.1. The van der Waals surface area contributed by atoms with Crippen LogP contribution in [-0.4, -0.2) is 17.4 Å². The highest BCUT2D eigenvalue weighted by molar-refractivity contribution is 5.94. The van der Waals surface area contributed by atoms with Gasteiger partial charge >= 0.3 is 0 Å². The van der Waals surface area contributed by atoms with E-state index < -0.39 is 0 Å². The number of amides is 2. The van der Waals surface area contributed by atoms with Crippen molar-refractivity contribution in [2.45, 2.75) is 51.5 Å². The van der Waals surface area contributed by atoms with Crippen LogP contribution >= 0.6 is 0 Å². The van der Waals surface area contributed by atoms with Crippen LogP contribution < -0.4 is 16.4 Å². The van der Waals surface area contributed by atoms with Crippen LogP contribution in [0.1, 0.15) is 44.6 Å². The lowest BCUT2D eigenvalue weighted by atomic mass is 9.94. The number of nitrogens with two attached hydrogens (primary N) is 1. The van der Waals surface area contributed by atoms with Crippen molar-refractivity contribution in [2.75, 3.05) is 10.6 Å². The maximum absolute atomic E-state index is 12.1. The first-order valence-electron chi connectivity index (χ1n) is 7.35. The fourth-order valence-electron chi connectivity index (χ4n) is 2.80. The van der Waals surface area contributed by atoms with Gasteiger partial charge in [-0.3, -0.25) is 9.59 Å². The summed E-state index contributed by atoms with van der Waals surface area (Å²) in [7, 11) is 0. The van der Waals surface area contributed by atoms with E-state index in [4.69, 9.17) is 5.73 Å². The van der Waals surface area contributed by atoms with Gasteiger partial charge in [0.1, 0.15) is 0 Å². The van der Waals surface area contributed by atoms with Crippen LogP contribution in [0.5, 0.6) is 0 Å². The number of carbonyl (C=O) groups is 2. The second kappa shape index (κ2) is 6.26. The number of nitrogens with one attached hydrogen (secondary N) is 2. The molecule has 1 saturated carbocycles. The number of carbonyl (C=O) groups excluding carboxylic acids is 2. The summed E-state index contributed by atoms with van der Waals surface area (Å²) in [4.78, 5) is 23.3. The Balaban J connectivity index is 2.02. The van der Waals surface area contributed by atoms with Crippen molar-refractivity contribution < 1.29 is 9.59 Å². The zero-order chi connectivity index (χ0) is 15.5. The molecule has 1 fully saturated rings. The van der Waals surface area contributed by atoms with E-state index in [1.165, 1.54) is 6.92 Å². The molecule has 4 N–H and O–H groups in total. The lowest BCUT2D eigenvalue weighted by Gasteiger charge is -2.22. The molecule has 1 aromatic carbocycles. The molecule has 0 aromatic heterocycles. The fraction of sp³-hybridized carbons (Fsp3) is 0.500. The van der Waals surface area contributed by atoms with Crippen LogP contribution in [-0.2, 0) is 9.59 Å². The molecule has 0 saturated heterocycles. The Morgan fingerprint density at radius 3 is 2.52 bits per heavy atom. The van der Waals surface area contributed by atoms with Crippen LogP contribution in [0.25, 0.3) is 0 Å². The third kappa shape index (κ3) is 4.29. The van der Waals surface area contributed by atoms with E-state index in [2.05, 4.69) is 10.6 Å². The highest BCUT2D eigenvalue weighted by atomic mass is 16.2. The molecule has 2 rings (SSSR count). The molecule has 21 heavy (non-hydrogen) atoms. The van der Waals surface area contributed by atoms with Gasteiger partial charge < -0.3 is 16.4 Å². The number of hydrogen-bond acceptors (Lipinski definition) is 3. The monoisotopic (exact) mass is 289 g/mol. The molecule has 0 bridgehead atoms. The largest absolute Gasteiger partial charge is 0.326 e. The Morgan fingerprint density at radius 2 is 1.90 bits per heavy atom. The molecular weight excluding hydrogens is 266 g/mol. The van der Waals surface area contributed by atoms with Gasteiger partial charge in [0.15, 0.2) is 0 Å². The summed E-state index contributed by atoms with van der Waals surface area (Å²) in [5, 5.41) is 5.62. The average Bonchev–Trinajstić information content (AvgIpc) is 2.79. The number of rotatable bonds is 4. The summed E-state index contributed by atoms with van der Waals surface area (Å²) in [5.74, 6) is -0.203. The number of anilines is 2. The number of benzene rings is 1. The minimum absolute atomic E-state index is 0.0722. The van der Waals surface area contributed by atoms with Crippen molar-refractivity contribution in [3.8, 4) is 0 Å². The molecule has 0 heterocycles. The van der Waals surface area contributed by atoms with Gasteiger partial charge in [-0.05, 0) is 37.5 Å². The molecule has 1 aromatic rings. The third-order valence-corrected chi connectivity index (χ3v) is 3.94. The van der Waals surface area contributed by atoms with E-state index in [9.17, 15) is 9.59 Å². The van der Waals surface area contributed by atoms with Crippen molar-refractivity contribution >= 4 is 23.2 Å². The minimum atomic E-state index is -0.352. The Labute approximate surface area is 125 Å². The number of hydrogen-bond donors (Lipinski definition) is 3. The normalized spacial score (nSPS) is 16.5. The van der Waals surface area contributed by atoms with E-state index in [0.29, 0.717) is 17.8 Å². The first-order chi connectivity index (χ1) is 9.88. The highest BCUT2D eigenvalue weighted by Gasteiger charge is 2.31. The van der Waals surface area contributed by atoms with Crippen LogP contribution in [0.3, 0.4) is 0 Å². The van der Waals surface area contributed by atoms with E-state index in [1.807, 2.05) is 19.1 Å². The van der Waals surface area contributed by atoms with Crippen LogP contribution in [0.4, 0.5) is 11.4 Å². The molecule has 5 nitrogen and oxygen atoms in total. The summed E-state index contributed by atoms with van der Waals surface area (Å²) < 4.78 is 0. The second-order valence-corrected chi connectivity index (χ2v) is 6.01. The predicted molar refractivity (Wildman–Crippen MR) is 84.1 cm³/mol. The topological polar surface area (TPSA) is 84.2 Å². The van der Waals surface area contributed by atoms with E-state index >= 15 is 0 Å². The van der Waals surface area contributed by atoms with E-state index in [0.717, 1.165) is 31.2 Å². The molecule has 0 radical (unpaired) electrons. The molecule has 0 atom stereocenters. The molecule has 0 unspecified atom stereocenters. The van der Waals surface area contributed by atoms with Crippen molar-refractivity contribution in [1.29, 1.82) is 0 Å². The first kappa shape index (κ1) is 15.5. The summed E-state index contributed by atoms with van der Waals surface area (Å²) in [6.07, 6.45) is 4.36. The summed E-state index contributed by atoms with van der Waals surface area (Å²) >= 11 is 0. The number of aryl methyl sites for hydroxylation is 1. The van der Waals surface area contributed by atoms with Gasteiger partial charge in [0, 0.05) is 30.3 Å². The summed E-state index contributed by atoms with van der Waals surface area (Å²) in [6, 6.07) is 5.47.